The first-order valence-electron chi connectivity index (χ1n) is 8.43. The van der Waals surface area contributed by atoms with Crippen molar-refractivity contribution in [3.05, 3.63) is 39.6 Å². The van der Waals surface area contributed by atoms with E-state index in [1.54, 1.807) is 20.8 Å². The number of ether oxygens (including phenoxy) is 1. The lowest BCUT2D eigenvalue weighted by Crippen LogP contribution is -2.26. The van der Waals surface area contributed by atoms with Gasteiger partial charge in [0.2, 0.25) is 0 Å². The van der Waals surface area contributed by atoms with E-state index in [-0.39, 0.29) is 30.2 Å². The fourth-order valence-corrected chi connectivity index (χ4v) is 3.82. The third kappa shape index (κ3) is 4.27. The number of H-pyrrole nitrogens is 1. The van der Waals surface area contributed by atoms with Crippen LogP contribution in [0.4, 0.5) is 5.69 Å². The van der Waals surface area contributed by atoms with E-state index in [0.717, 1.165) is 16.1 Å². The number of halogens is 1. The first-order chi connectivity index (χ1) is 12.7. The minimum atomic E-state index is -0.547. The average molecular weight is 410 g/mol. The number of carbonyl (C=O) groups excluding carboxylic acids is 1. The molecule has 0 radical (unpaired) electrons. The Balaban J connectivity index is 1.82. The van der Waals surface area contributed by atoms with Gasteiger partial charge < -0.3 is 9.72 Å². The number of rotatable bonds is 5. The van der Waals surface area contributed by atoms with Crippen LogP contribution in [0.15, 0.2) is 23.2 Å². The van der Waals surface area contributed by atoms with Gasteiger partial charge >= 0.3 is 5.97 Å². The lowest BCUT2D eigenvalue weighted by atomic mass is 9.97. The monoisotopic (exact) mass is 409 g/mol. The molecule has 1 aromatic heterocycles. The number of nitro groups is 1. The van der Waals surface area contributed by atoms with Crippen molar-refractivity contribution in [3.63, 3.8) is 0 Å². The molecule has 1 aromatic carbocycles. The summed E-state index contributed by atoms with van der Waals surface area (Å²) in [6.07, 6.45) is 0. The SMILES string of the molecule is CC(C)(C)C(=O)OCC1CSC(c2cc3cc(CCl)cc([N+](=O)[O-])c3[nH]2)=N1. The third-order valence-electron chi connectivity index (χ3n) is 4.08. The molecule has 1 unspecified atom stereocenters. The second-order valence-electron chi connectivity index (χ2n) is 7.40. The van der Waals surface area contributed by atoms with Gasteiger partial charge in [-0.3, -0.25) is 19.9 Å². The molecule has 2 heterocycles. The Morgan fingerprint density at radius 3 is 2.81 bits per heavy atom. The molecule has 144 valence electrons. The van der Waals surface area contributed by atoms with Gasteiger partial charge in [-0.2, -0.15) is 0 Å². The van der Waals surface area contributed by atoms with E-state index in [9.17, 15) is 14.9 Å². The van der Waals surface area contributed by atoms with E-state index in [1.807, 2.05) is 12.1 Å². The number of aromatic nitrogens is 1. The molecule has 1 atom stereocenters. The first kappa shape index (κ1) is 19.7. The van der Waals surface area contributed by atoms with Crippen LogP contribution < -0.4 is 0 Å². The second kappa shape index (κ2) is 7.52. The van der Waals surface area contributed by atoms with Gasteiger partial charge in [-0.15, -0.1) is 23.4 Å². The number of nitrogens with zero attached hydrogens (tertiary/aromatic N) is 2. The summed E-state index contributed by atoms with van der Waals surface area (Å²) in [4.78, 5) is 30.5. The summed E-state index contributed by atoms with van der Waals surface area (Å²) in [7, 11) is 0. The molecule has 0 saturated heterocycles. The van der Waals surface area contributed by atoms with Crippen LogP contribution in [0, 0.1) is 15.5 Å². The zero-order valence-corrected chi connectivity index (χ0v) is 16.8. The van der Waals surface area contributed by atoms with E-state index in [2.05, 4.69) is 9.98 Å². The molecular weight excluding hydrogens is 390 g/mol. The number of carbonyl (C=O) groups is 1. The highest BCUT2D eigenvalue weighted by molar-refractivity contribution is 8.14. The van der Waals surface area contributed by atoms with Gasteiger partial charge in [0.15, 0.2) is 0 Å². The maximum atomic E-state index is 11.9. The number of non-ortho nitro benzene ring substituents is 1. The standard InChI is InChI=1S/C18H20ClN3O4S/c1-18(2,3)17(23)26-8-12-9-27-16(20-12)13-6-11-4-10(7-19)5-14(22(24)25)15(11)21-13/h4-6,12,21H,7-9H2,1-3H3. The van der Waals surface area contributed by atoms with E-state index in [4.69, 9.17) is 16.3 Å². The number of aromatic amines is 1. The van der Waals surface area contributed by atoms with Crippen molar-refractivity contribution in [1.29, 1.82) is 0 Å². The van der Waals surface area contributed by atoms with Crippen LogP contribution in [0.25, 0.3) is 10.9 Å². The van der Waals surface area contributed by atoms with Crippen LogP contribution in [0.5, 0.6) is 0 Å². The van der Waals surface area contributed by atoms with Crippen LogP contribution >= 0.6 is 23.4 Å². The zero-order valence-electron chi connectivity index (χ0n) is 15.2. The molecule has 0 saturated carbocycles. The van der Waals surface area contributed by atoms with Crippen molar-refractivity contribution in [2.24, 2.45) is 10.4 Å². The molecule has 1 N–H and O–H groups in total. The van der Waals surface area contributed by atoms with E-state index in [0.29, 0.717) is 16.8 Å². The smallest absolute Gasteiger partial charge is 0.311 e. The van der Waals surface area contributed by atoms with Crippen LogP contribution in [-0.2, 0) is 15.4 Å². The number of benzene rings is 1. The summed E-state index contributed by atoms with van der Waals surface area (Å²) in [6.45, 7) is 5.64. The topological polar surface area (TPSA) is 97.6 Å². The van der Waals surface area contributed by atoms with Crippen molar-refractivity contribution in [2.45, 2.75) is 32.7 Å². The predicted octanol–water partition coefficient (Wildman–Crippen LogP) is 4.27. The highest BCUT2D eigenvalue weighted by atomic mass is 35.5. The minimum absolute atomic E-state index is 0.00588. The molecule has 0 aliphatic carbocycles. The van der Waals surface area contributed by atoms with Crippen LogP contribution in [0.2, 0.25) is 0 Å². The Labute approximate surface area is 165 Å². The van der Waals surface area contributed by atoms with Crippen molar-refractivity contribution < 1.29 is 14.5 Å². The molecule has 27 heavy (non-hydrogen) atoms. The molecule has 1 aliphatic rings. The summed E-state index contributed by atoms with van der Waals surface area (Å²) in [5.74, 6) is 0.636. The summed E-state index contributed by atoms with van der Waals surface area (Å²) < 4.78 is 5.34. The van der Waals surface area contributed by atoms with E-state index in [1.165, 1.54) is 17.8 Å². The minimum Gasteiger partial charge on any atom is -0.463 e. The maximum Gasteiger partial charge on any atom is 0.311 e. The number of nitro benzene ring substituents is 1. The van der Waals surface area contributed by atoms with Crippen molar-refractivity contribution in [1.82, 2.24) is 4.98 Å². The Morgan fingerprint density at radius 1 is 1.44 bits per heavy atom. The Kier molecular flexibility index (Phi) is 5.48. The number of hydrogen-bond donors (Lipinski definition) is 1. The predicted molar refractivity (Wildman–Crippen MR) is 108 cm³/mol. The van der Waals surface area contributed by atoms with Crippen molar-refractivity contribution >= 4 is 51.0 Å². The summed E-state index contributed by atoms with van der Waals surface area (Å²) >= 11 is 7.38. The third-order valence-corrected chi connectivity index (χ3v) is 5.54. The van der Waals surface area contributed by atoms with Gasteiger partial charge in [0.25, 0.3) is 5.69 Å². The number of aliphatic imine (C=N–C) groups is 1. The number of esters is 1. The van der Waals surface area contributed by atoms with Crippen molar-refractivity contribution in [2.75, 3.05) is 12.4 Å². The fraction of sp³-hybridized carbons (Fsp3) is 0.444. The summed E-state index contributed by atoms with van der Waals surface area (Å²) in [5.41, 5.74) is 1.31. The van der Waals surface area contributed by atoms with Crippen LogP contribution in [0.3, 0.4) is 0 Å². The number of fused-ring (bicyclic) bond motifs is 1. The highest BCUT2D eigenvalue weighted by Gasteiger charge is 2.27. The quantitative estimate of drug-likeness (QED) is 0.344. The van der Waals surface area contributed by atoms with Gasteiger partial charge in [-0.1, -0.05) is 0 Å². The molecular formula is C18H20ClN3O4S. The zero-order chi connectivity index (χ0) is 19.8. The normalized spacial score (nSPS) is 17.2. The second-order valence-corrected chi connectivity index (χ2v) is 8.68. The largest absolute Gasteiger partial charge is 0.463 e. The molecule has 0 bridgehead atoms. The van der Waals surface area contributed by atoms with Crippen molar-refractivity contribution in [3.8, 4) is 0 Å². The van der Waals surface area contributed by atoms with Crippen LogP contribution in [0.1, 0.15) is 32.0 Å². The Bertz CT molecular complexity index is 933. The molecule has 0 spiro atoms. The Morgan fingerprint density at radius 2 is 2.19 bits per heavy atom. The average Bonchev–Trinajstić information content (AvgIpc) is 3.23. The molecule has 0 fully saturated rings. The lowest BCUT2D eigenvalue weighted by molar-refractivity contribution is -0.383. The lowest BCUT2D eigenvalue weighted by Gasteiger charge is -2.17. The number of nitrogens with one attached hydrogen (secondary N) is 1. The van der Waals surface area contributed by atoms with E-state index >= 15 is 0 Å². The number of alkyl halides is 1. The molecule has 3 rings (SSSR count). The van der Waals surface area contributed by atoms with Gasteiger partial charge in [0.05, 0.1) is 22.1 Å². The van der Waals surface area contributed by atoms with Gasteiger partial charge in [0, 0.05) is 23.1 Å². The van der Waals surface area contributed by atoms with Crippen LogP contribution in [-0.4, -0.2) is 39.3 Å². The van der Waals surface area contributed by atoms with E-state index < -0.39 is 10.3 Å². The van der Waals surface area contributed by atoms with Gasteiger partial charge in [0.1, 0.15) is 17.2 Å². The fourth-order valence-electron chi connectivity index (χ4n) is 2.66. The Hall–Kier alpha value is -2.06. The maximum absolute atomic E-state index is 11.9. The molecule has 9 heteroatoms. The van der Waals surface area contributed by atoms with Gasteiger partial charge in [-0.25, -0.2) is 0 Å². The summed E-state index contributed by atoms with van der Waals surface area (Å²) in [6, 6.07) is 5.02. The highest BCUT2D eigenvalue weighted by Crippen LogP contribution is 2.31. The molecule has 0 amide bonds. The molecule has 1 aliphatic heterocycles. The number of thioether (sulfide) groups is 1. The number of hydrogen-bond acceptors (Lipinski definition) is 6. The van der Waals surface area contributed by atoms with Gasteiger partial charge in [-0.05, 0) is 38.5 Å². The summed E-state index contributed by atoms with van der Waals surface area (Å²) in [5, 5.41) is 12.8. The molecule has 7 nitrogen and oxygen atoms in total. The molecule has 2 aromatic rings. The first-order valence-corrected chi connectivity index (χ1v) is 9.95.